The Morgan fingerprint density at radius 3 is 2.86 bits per heavy atom. The summed E-state index contributed by atoms with van der Waals surface area (Å²) in [5, 5.41) is 3.51. The van der Waals surface area contributed by atoms with Gasteiger partial charge in [-0.2, -0.15) is 0 Å². The van der Waals surface area contributed by atoms with E-state index >= 15 is 0 Å². The van der Waals surface area contributed by atoms with E-state index in [1.54, 1.807) is 19.4 Å². The quantitative estimate of drug-likeness (QED) is 0.329. The molecule has 1 heterocycles. The predicted molar refractivity (Wildman–Crippen MR) is 101 cm³/mol. The van der Waals surface area contributed by atoms with Crippen LogP contribution in [0, 0.1) is 0 Å². The van der Waals surface area contributed by atoms with Crippen molar-refractivity contribution < 1.29 is 4.74 Å². The van der Waals surface area contributed by atoms with Crippen LogP contribution in [-0.4, -0.2) is 24.6 Å². The first-order chi connectivity index (χ1) is 10.2. The number of aliphatic imine (C=N–C) groups is 1. The van der Waals surface area contributed by atoms with Gasteiger partial charge in [-0.3, -0.25) is 4.99 Å². The Kier molecular flexibility index (Phi) is 7.97. The van der Waals surface area contributed by atoms with Gasteiger partial charge in [0.25, 0.3) is 0 Å². The highest BCUT2D eigenvalue weighted by molar-refractivity contribution is 14.0. The van der Waals surface area contributed by atoms with Crippen LogP contribution in [0.15, 0.2) is 47.6 Å². The van der Waals surface area contributed by atoms with Gasteiger partial charge < -0.3 is 15.8 Å². The number of pyridine rings is 1. The third-order valence-electron chi connectivity index (χ3n) is 2.81. The zero-order chi connectivity index (χ0) is 15.1. The lowest BCUT2D eigenvalue weighted by Gasteiger charge is -2.07. The van der Waals surface area contributed by atoms with Gasteiger partial charge in [0.05, 0.1) is 7.11 Å². The van der Waals surface area contributed by atoms with Crippen molar-refractivity contribution in [3.8, 4) is 5.75 Å². The molecule has 0 atom stereocenters. The highest BCUT2D eigenvalue weighted by atomic mass is 127. The van der Waals surface area contributed by atoms with Crippen LogP contribution in [0.1, 0.15) is 5.56 Å². The first-order valence-corrected chi connectivity index (χ1v) is 6.86. The van der Waals surface area contributed by atoms with Gasteiger partial charge in [0.2, 0.25) is 0 Å². The first-order valence-electron chi connectivity index (χ1n) is 6.49. The Labute approximate surface area is 152 Å². The van der Waals surface area contributed by atoms with Crippen molar-refractivity contribution in [2.24, 2.45) is 10.7 Å². The number of hydrogen-bond acceptors (Lipinski definition) is 3. The lowest BCUT2D eigenvalue weighted by atomic mass is 10.2. The van der Waals surface area contributed by atoms with Gasteiger partial charge in [0.15, 0.2) is 5.96 Å². The minimum absolute atomic E-state index is 0. The Morgan fingerprint density at radius 2 is 2.18 bits per heavy atom. The second kappa shape index (κ2) is 9.47. The number of nitrogens with one attached hydrogen (secondary N) is 1. The number of nitrogens with two attached hydrogens (primary N) is 1. The molecule has 0 amide bonds. The predicted octanol–water partition coefficient (Wildman–Crippen LogP) is 3.33. The molecule has 0 aliphatic carbocycles. The van der Waals surface area contributed by atoms with Gasteiger partial charge in [0.1, 0.15) is 10.9 Å². The molecular formula is C15H18ClIN4O. The van der Waals surface area contributed by atoms with Crippen molar-refractivity contribution in [3.63, 3.8) is 0 Å². The number of aromatic nitrogens is 1. The average Bonchev–Trinajstić information content (AvgIpc) is 2.49. The smallest absolute Gasteiger partial charge is 0.193 e. The van der Waals surface area contributed by atoms with Crippen LogP contribution in [0.2, 0.25) is 5.15 Å². The monoisotopic (exact) mass is 432 g/mol. The maximum absolute atomic E-state index is 5.85. The van der Waals surface area contributed by atoms with Crippen molar-refractivity contribution in [3.05, 3.63) is 53.3 Å². The van der Waals surface area contributed by atoms with E-state index in [2.05, 4.69) is 15.3 Å². The fraction of sp³-hybridized carbons (Fsp3) is 0.200. The Bertz CT molecular complexity index is 619. The van der Waals surface area contributed by atoms with E-state index in [0.29, 0.717) is 17.7 Å². The van der Waals surface area contributed by atoms with Crippen LogP contribution < -0.4 is 15.8 Å². The largest absolute Gasteiger partial charge is 0.497 e. The highest BCUT2D eigenvalue weighted by Crippen LogP contribution is 2.16. The molecule has 2 rings (SSSR count). The standard InChI is InChI=1S/C15H17ClN4O.HI/c1-21-13-4-2-3-12(9-13)20-15(17)18-8-7-11-5-6-14(16)19-10-11;/h2-6,9-10H,7-8H2,1H3,(H3,17,18,20);1H. The maximum Gasteiger partial charge on any atom is 0.193 e. The Hall–Kier alpha value is -1.54. The number of nitrogens with zero attached hydrogens (tertiary/aromatic N) is 2. The summed E-state index contributed by atoms with van der Waals surface area (Å²) in [4.78, 5) is 8.29. The second-order valence-electron chi connectivity index (χ2n) is 4.36. The van der Waals surface area contributed by atoms with Gasteiger partial charge in [-0.15, -0.1) is 24.0 Å². The number of halogens is 2. The summed E-state index contributed by atoms with van der Waals surface area (Å²) < 4.78 is 5.15. The van der Waals surface area contributed by atoms with Crippen molar-refractivity contribution in [2.45, 2.75) is 6.42 Å². The zero-order valence-electron chi connectivity index (χ0n) is 12.1. The number of anilines is 1. The lowest BCUT2D eigenvalue weighted by Crippen LogP contribution is -2.23. The topological polar surface area (TPSA) is 72.5 Å². The van der Waals surface area contributed by atoms with E-state index in [1.807, 2.05) is 30.3 Å². The van der Waals surface area contributed by atoms with E-state index in [9.17, 15) is 0 Å². The van der Waals surface area contributed by atoms with Crippen LogP contribution in [0.25, 0.3) is 0 Å². The summed E-state index contributed by atoms with van der Waals surface area (Å²) in [6.07, 6.45) is 2.49. The molecule has 0 saturated carbocycles. The highest BCUT2D eigenvalue weighted by Gasteiger charge is 1.98. The van der Waals surface area contributed by atoms with Crippen molar-refractivity contribution in [1.82, 2.24) is 4.98 Å². The molecule has 0 aliphatic rings. The van der Waals surface area contributed by atoms with Crippen molar-refractivity contribution >= 4 is 47.2 Å². The van der Waals surface area contributed by atoms with Crippen LogP contribution in [0.3, 0.4) is 0 Å². The Morgan fingerprint density at radius 1 is 1.36 bits per heavy atom. The van der Waals surface area contributed by atoms with Gasteiger partial charge in [-0.05, 0) is 30.2 Å². The van der Waals surface area contributed by atoms with Gasteiger partial charge in [-0.1, -0.05) is 23.7 Å². The fourth-order valence-electron chi connectivity index (χ4n) is 1.75. The number of guanidine groups is 1. The van der Waals surface area contributed by atoms with Crippen LogP contribution in [0.4, 0.5) is 5.69 Å². The van der Waals surface area contributed by atoms with E-state index in [0.717, 1.165) is 23.4 Å². The summed E-state index contributed by atoms with van der Waals surface area (Å²) in [6, 6.07) is 11.2. The third-order valence-corrected chi connectivity index (χ3v) is 3.04. The van der Waals surface area contributed by atoms with Crippen molar-refractivity contribution in [1.29, 1.82) is 0 Å². The number of rotatable bonds is 5. The minimum Gasteiger partial charge on any atom is -0.497 e. The van der Waals surface area contributed by atoms with E-state index in [1.165, 1.54) is 0 Å². The lowest BCUT2D eigenvalue weighted by molar-refractivity contribution is 0.415. The summed E-state index contributed by atoms with van der Waals surface area (Å²) in [5.74, 6) is 1.13. The van der Waals surface area contributed by atoms with Crippen molar-refractivity contribution in [2.75, 3.05) is 19.0 Å². The SMILES string of the molecule is COc1cccc(NC(N)=NCCc2ccc(Cl)nc2)c1.I. The molecule has 0 saturated heterocycles. The molecule has 0 fully saturated rings. The number of benzene rings is 1. The Balaban J connectivity index is 0.00000242. The molecule has 5 nitrogen and oxygen atoms in total. The maximum atomic E-state index is 5.85. The van der Waals surface area contributed by atoms with Gasteiger partial charge >= 0.3 is 0 Å². The molecule has 1 aromatic heterocycles. The van der Waals surface area contributed by atoms with Crippen LogP contribution in [-0.2, 0) is 6.42 Å². The fourth-order valence-corrected chi connectivity index (χ4v) is 1.86. The summed E-state index contributed by atoms with van der Waals surface area (Å²) in [6.45, 7) is 0.576. The summed E-state index contributed by atoms with van der Waals surface area (Å²) >= 11 is 5.73. The second-order valence-corrected chi connectivity index (χ2v) is 4.75. The van der Waals surface area contributed by atoms with E-state index in [-0.39, 0.29) is 24.0 Å². The minimum atomic E-state index is 0. The van der Waals surface area contributed by atoms with Crippen LogP contribution >= 0.6 is 35.6 Å². The molecule has 0 aliphatic heterocycles. The summed E-state index contributed by atoms with van der Waals surface area (Å²) in [5.41, 5.74) is 7.75. The van der Waals surface area contributed by atoms with Gasteiger partial charge in [0, 0.05) is 24.5 Å². The molecular weight excluding hydrogens is 415 g/mol. The average molecular weight is 433 g/mol. The van der Waals surface area contributed by atoms with E-state index < -0.39 is 0 Å². The van der Waals surface area contributed by atoms with Gasteiger partial charge in [-0.25, -0.2) is 4.98 Å². The number of ether oxygens (including phenoxy) is 1. The molecule has 0 radical (unpaired) electrons. The molecule has 7 heteroatoms. The molecule has 2 aromatic rings. The molecule has 1 aromatic carbocycles. The molecule has 0 unspecified atom stereocenters. The molecule has 0 spiro atoms. The molecule has 0 bridgehead atoms. The van der Waals surface area contributed by atoms with E-state index in [4.69, 9.17) is 22.1 Å². The normalized spacial score (nSPS) is 10.7. The molecule has 3 N–H and O–H groups in total. The molecule has 118 valence electrons. The van der Waals surface area contributed by atoms with Crippen LogP contribution in [0.5, 0.6) is 5.75 Å². The number of hydrogen-bond donors (Lipinski definition) is 2. The first kappa shape index (κ1) is 18.5. The molecule has 22 heavy (non-hydrogen) atoms. The zero-order valence-corrected chi connectivity index (χ0v) is 15.2. The number of methoxy groups -OCH3 is 1. The summed E-state index contributed by atoms with van der Waals surface area (Å²) in [7, 11) is 1.62. The third kappa shape index (κ3) is 6.07.